The third kappa shape index (κ3) is 5.48. The van der Waals surface area contributed by atoms with Crippen LogP contribution in [0, 0.1) is 5.92 Å². The maximum atomic E-state index is 12.9. The van der Waals surface area contributed by atoms with Crippen molar-refractivity contribution >= 4 is 28.4 Å². The predicted octanol–water partition coefficient (Wildman–Crippen LogP) is 2.75. The minimum atomic E-state index is -0.312. The van der Waals surface area contributed by atoms with Crippen molar-refractivity contribution in [2.45, 2.75) is 26.8 Å². The molecule has 0 bridgehead atoms. The number of ether oxygens (including phenoxy) is 2. The molecule has 174 valence electrons. The van der Waals surface area contributed by atoms with Gasteiger partial charge in [-0.1, -0.05) is 19.9 Å². The summed E-state index contributed by atoms with van der Waals surface area (Å²) < 4.78 is 12.4. The number of methoxy groups -OCH3 is 1. The van der Waals surface area contributed by atoms with Crippen molar-refractivity contribution in [1.82, 2.24) is 19.7 Å². The van der Waals surface area contributed by atoms with E-state index >= 15 is 0 Å². The van der Waals surface area contributed by atoms with Crippen molar-refractivity contribution in [2.75, 3.05) is 38.7 Å². The zero-order chi connectivity index (χ0) is 23.4. The molecular weight excluding hydrogens is 422 g/mol. The Labute approximate surface area is 192 Å². The fraction of sp³-hybridized carbons (Fsp3) is 0.417. The van der Waals surface area contributed by atoms with E-state index in [1.54, 1.807) is 34.0 Å². The Hall–Kier alpha value is -3.46. The monoisotopic (exact) mass is 451 g/mol. The molecule has 1 saturated heterocycles. The Morgan fingerprint density at radius 3 is 2.73 bits per heavy atom. The number of fused-ring (bicyclic) bond motifs is 1. The second-order valence-electron chi connectivity index (χ2n) is 8.50. The quantitative estimate of drug-likeness (QED) is 0.593. The summed E-state index contributed by atoms with van der Waals surface area (Å²) in [6.07, 6.45) is 2.60. The van der Waals surface area contributed by atoms with Gasteiger partial charge in [0, 0.05) is 36.4 Å². The van der Waals surface area contributed by atoms with E-state index < -0.39 is 0 Å². The highest BCUT2D eigenvalue weighted by atomic mass is 16.5. The molecule has 2 aromatic heterocycles. The minimum Gasteiger partial charge on any atom is -0.494 e. The summed E-state index contributed by atoms with van der Waals surface area (Å²) in [6, 6.07) is 9.01. The van der Waals surface area contributed by atoms with Gasteiger partial charge in [0.1, 0.15) is 18.0 Å². The molecule has 1 fully saturated rings. The molecule has 9 heteroatoms. The Kier molecular flexibility index (Phi) is 6.88. The Morgan fingerprint density at radius 1 is 1.21 bits per heavy atom. The number of benzene rings is 1. The van der Waals surface area contributed by atoms with Gasteiger partial charge >= 0.3 is 0 Å². The first-order valence-electron chi connectivity index (χ1n) is 11.1. The zero-order valence-electron chi connectivity index (χ0n) is 19.2. The van der Waals surface area contributed by atoms with Crippen molar-refractivity contribution in [3.05, 3.63) is 47.9 Å². The standard InChI is InChI=1S/C24H29N5O4/c1-16(2)11-18-5-4-6-19(25-18)24(31)26-21-12-17-14-29(27-20(17)13-22(21)32-3)15-23(30)28-7-9-33-10-8-28/h4-6,12-14,16H,7-11,15H2,1-3H3,(H,26,31). The molecule has 3 heterocycles. The van der Waals surface area contributed by atoms with Crippen LogP contribution in [-0.4, -0.2) is 64.9 Å². The molecule has 0 atom stereocenters. The van der Waals surface area contributed by atoms with E-state index in [0.717, 1.165) is 17.5 Å². The average Bonchev–Trinajstić information content (AvgIpc) is 3.19. The number of morpholine rings is 1. The van der Waals surface area contributed by atoms with E-state index in [0.29, 0.717) is 54.9 Å². The molecule has 33 heavy (non-hydrogen) atoms. The summed E-state index contributed by atoms with van der Waals surface area (Å²) in [6.45, 7) is 6.67. The molecule has 0 unspecified atom stereocenters. The SMILES string of the molecule is COc1cc2nn(CC(=O)N3CCOCC3)cc2cc1NC(=O)c1cccc(CC(C)C)n1. The van der Waals surface area contributed by atoms with Crippen molar-refractivity contribution in [3.63, 3.8) is 0 Å². The summed E-state index contributed by atoms with van der Waals surface area (Å²) in [4.78, 5) is 31.7. The number of rotatable bonds is 7. The van der Waals surface area contributed by atoms with Crippen LogP contribution in [0.5, 0.6) is 5.75 Å². The molecule has 1 aliphatic rings. The Morgan fingerprint density at radius 2 is 2.00 bits per heavy atom. The van der Waals surface area contributed by atoms with Crippen LogP contribution < -0.4 is 10.1 Å². The minimum absolute atomic E-state index is 0.000971. The van der Waals surface area contributed by atoms with Gasteiger partial charge < -0.3 is 19.7 Å². The van der Waals surface area contributed by atoms with Crippen LogP contribution in [-0.2, 0) is 22.5 Å². The first-order valence-corrected chi connectivity index (χ1v) is 11.1. The lowest BCUT2D eigenvalue weighted by atomic mass is 10.1. The van der Waals surface area contributed by atoms with Crippen LogP contribution in [0.4, 0.5) is 5.69 Å². The molecule has 9 nitrogen and oxygen atoms in total. The van der Waals surface area contributed by atoms with Gasteiger partial charge in [-0.3, -0.25) is 14.3 Å². The molecule has 0 saturated carbocycles. The number of carbonyl (C=O) groups is 2. The first-order chi connectivity index (χ1) is 15.9. The fourth-order valence-corrected chi connectivity index (χ4v) is 3.83. The van der Waals surface area contributed by atoms with Crippen LogP contribution in [0.15, 0.2) is 36.5 Å². The van der Waals surface area contributed by atoms with E-state index in [9.17, 15) is 9.59 Å². The molecule has 2 amide bonds. The zero-order valence-corrected chi connectivity index (χ0v) is 19.2. The van der Waals surface area contributed by atoms with E-state index in [2.05, 4.69) is 29.2 Å². The van der Waals surface area contributed by atoms with Crippen molar-refractivity contribution < 1.29 is 19.1 Å². The predicted molar refractivity (Wildman–Crippen MR) is 124 cm³/mol. The lowest BCUT2D eigenvalue weighted by Gasteiger charge is -2.26. The number of pyridine rings is 1. The van der Waals surface area contributed by atoms with Crippen LogP contribution in [0.2, 0.25) is 0 Å². The lowest BCUT2D eigenvalue weighted by molar-refractivity contribution is -0.136. The number of aromatic nitrogens is 3. The van der Waals surface area contributed by atoms with Gasteiger partial charge in [0.05, 0.1) is 31.5 Å². The molecule has 1 N–H and O–H groups in total. The van der Waals surface area contributed by atoms with Crippen LogP contribution >= 0.6 is 0 Å². The number of nitrogens with zero attached hydrogens (tertiary/aromatic N) is 4. The van der Waals surface area contributed by atoms with Crippen LogP contribution in [0.1, 0.15) is 30.0 Å². The highest BCUT2D eigenvalue weighted by Crippen LogP contribution is 2.30. The van der Waals surface area contributed by atoms with E-state index in [1.165, 1.54) is 7.11 Å². The van der Waals surface area contributed by atoms with E-state index in [-0.39, 0.29) is 18.4 Å². The maximum Gasteiger partial charge on any atom is 0.274 e. The summed E-state index contributed by atoms with van der Waals surface area (Å²) in [5.41, 5.74) is 2.43. The first kappa shape index (κ1) is 22.7. The second-order valence-corrected chi connectivity index (χ2v) is 8.50. The maximum absolute atomic E-state index is 12.9. The number of hydrogen-bond acceptors (Lipinski definition) is 6. The van der Waals surface area contributed by atoms with Gasteiger partial charge in [0.2, 0.25) is 5.91 Å². The molecule has 1 aromatic carbocycles. The number of nitrogens with one attached hydrogen (secondary N) is 1. The molecule has 0 spiro atoms. The summed E-state index contributed by atoms with van der Waals surface area (Å²) >= 11 is 0. The molecular formula is C24H29N5O4. The number of anilines is 1. The topological polar surface area (TPSA) is 98.6 Å². The smallest absolute Gasteiger partial charge is 0.274 e. The molecule has 0 radical (unpaired) electrons. The van der Waals surface area contributed by atoms with Gasteiger partial charge in [-0.25, -0.2) is 4.98 Å². The highest BCUT2D eigenvalue weighted by molar-refractivity contribution is 6.05. The second kappa shape index (κ2) is 9.99. The van der Waals surface area contributed by atoms with Crippen LogP contribution in [0.25, 0.3) is 10.9 Å². The van der Waals surface area contributed by atoms with Gasteiger partial charge in [-0.05, 0) is 30.5 Å². The lowest BCUT2D eigenvalue weighted by Crippen LogP contribution is -2.42. The molecule has 4 rings (SSSR count). The van der Waals surface area contributed by atoms with Crippen molar-refractivity contribution in [3.8, 4) is 5.75 Å². The Bertz CT molecular complexity index is 1150. The summed E-state index contributed by atoms with van der Waals surface area (Å²) in [5.74, 6) is 0.621. The number of amides is 2. The van der Waals surface area contributed by atoms with E-state index in [1.807, 2.05) is 12.1 Å². The van der Waals surface area contributed by atoms with Crippen molar-refractivity contribution in [2.24, 2.45) is 5.92 Å². The van der Waals surface area contributed by atoms with Gasteiger partial charge in [0.15, 0.2) is 0 Å². The number of hydrogen-bond donors (Lipinski definition) is 1. The Balaban J connectivity index is 1.52. The summed E-state index contributed by atoms with van der Waals surface area (Å²) in [5, 5.41) is 8.20. The largest absolute Gasteiger partial charge is 0.494 e. The molecule has 0 aliphatic carbocycles. The van der Waals surface area contributed by atoms with Crippen molar-refractivity contribution in [1.29, 1.82) is 0 Å². The molecule has 3 aromatic rings. The van der Waals surface area contributed by atoms with Gasteiger partial charge in [0.25, 0.3) is 5.91 Å². The van der Waals surface area contributed by atoms with Crippen LogP contribution in [0.3, 0.4) is 0 Å². The van der Waals surface area contributed by atoms with Gasteiger partial charge in [-0.15, -0.1) is 0 Å². The highest BCUT2D eigenvalue weighted by Gasteiger charge is 2.19. The van der Waals surface area contributed by atoms with E-state index in [4.69, 9.17) is 9.47 Å². The fourth-order valence-electron chi connectivity index (χ4n) is 3.83. The third-order valence-corrected chi connectivity index (χ3v) is 5.44. The number of carbonyl (C=O) groups excluding carboxylic acids is 2. The third-order valence-electron chi connectivity index (χ3n) is 5.44. The van der Waals surface area contributed by atoms with Gasteiger partial charge in [-0.2, -0.15) is 5.10 Å². The average molecular weight is 452 g/mol. The molecule has 1 aliphatic heterocycles. The normalized spacial score (nSPS) is 14.0. The summed E-state index contributed by atoms with van der Waals surface area (Å²) in [7, 11) is 1.54.